The van der Waals surface area contributed by atoms with E-state index < -0.39 is 17.7 Å². The van der Waals surface area contributed by atoms with Crippen molar-refractivity contribution in [2.75, 3.05) is 7.11 Å². The quantitative estimate of drug-likeness (QED) is 0.265. The van der Waals surface area contributed by atoms with Crippen molar-refractivity contribution in [2.24, 2.45) is 0 Å². The number of hydrogen-bond donors (Lipinski definition) is 1. The summed E-state index contributed by atoms with van der Waals surface area (Å²) >= 11 is 0. The van der Waals surface area contributed by atoms with Crippen LogP contribution in [0, 0.1) is 13.8 Å². The third-order valence-electron chi connectivity index (χ3n) is 6.84. The fraction of sp³-hybridized carbons (Fsp3) is 0.290. The molecule has 186 valence electrons. The molecule has 1 heterocycles. The van der Waals surface area contributed by atoms with Gasteiger partial charge in [-0.15, -0.1) is 0 Å². The van der Waals surface area contributed by atoms with Crippen LogP contribution < -0.4 is 4.74 Å². The van der Waals surface area contributed by atoms with Crippen LogP contribution in [0.2, 0.25) is 0 Å². The molecule has 0 spiro atoms. The fourth-order valence-electron chi connectivity index (χ4n) is 4.69. The molecule has 0 saturated carbocycles. The minimum absolute atomic E-state index is 0.0452. The molecule has 1 atom stereocenters. The van der Waals surface area contributed by atoms with Gasteiger partial charge in [-0.3, -0.25) is 9.59 Å². The number of ether oxygens (including phenoxy) is 1. The number of amides is 1. The molecule has 36 heavy (non-hydrogen) atoms. The van der Waals surface area contributed by atoms with Crippen molar-refractivity contribution in [2.45, 2.75) is 52.6 Å². The number of carbonyl (C=O) groups is 2. The van der Waals surface area contributed by atoms with Crippen LogP contribution >= 0.6 is 0 Å². The summed E-state index contributed by atoms with van der Waals surface area (Å²) in [6.07, 6.45) is 0. The number of nitrogens with zero attached hydrogens (tertiary/aromatic N) is 1. The number of methoxy groups -OCH3 is 1. The number of aliphatic hydroxyl groups is 1. The normalized spacial score (nSPS) is 17.5. The maximum Gasteiger partial charge on any atom is 0.295 e. The van der Waals surface area contributed by atoms with E-state index in [1.54, 1.807) is 29.2 Å². The number of carbonyl (C=O) groups excluding carboxylic acids is 2. The lowest BCUT2D eigenvalue weighted by molar-refractivity contribution is -0.140. The van der Waals surface area contributed by atoms with E-state index in [4.69, 9.17) is 4.74 Å². The summed E-state index contributed by atoms with van der Waals surface area (Å²) in [5, 5.41) is 11.4. The Morgan fingerprint density at radius 2 is 1.64 bits per heavy atom. The molecule has 5 heteroatoms. The average Bonchev–Trinajstić information content (AvgIpc) is 3.10. The van der Waals surface area contributed by atoms with E-state index in [9.17, 15) is 14.7 Å². The first-order valence-electron chi connectivity index (χ1n) is 12.1. The van der Waals surface area contributed by atoms with Gasteiger partial charge in [-0.25, -0.2) is 0 Å². The van der Waals surface area contributed by atoms with Crippen molar-refractivity contribution < 1.29 is 19.4 Å². The third-order valence-corrected chi connectivity index (χ3v) is 6.84. The SMILES string of the molecule is COc1ccccc1/C(O)=C1/C(=O)C(=O)N(Cc2cc(C)ccc2C)C1c1ccc(C(C)(C)C)cc1. The lowest BCUT2D eigenvalue weighted by atomic mass is 9.85. The molecule has 5 nitrogen and oxygen atoms in total. The minimum atomic E-state index is -0.733. The van der Waals surface area contributed by atoms with Crippen LogP contribution in [-0.2, 0) is 21.5 Å². The Morgan fingerprint density at radius 3 is 2.28 bits per heavy atom. The molecule has 1 N–H and O–H groups in total. The Bertz CT molecular complexity index is 1350. The number of hydrogen-bond acceptors (Lipinski definition) is 4. The highest BCUT2D eigenvalue weighted by Crippen LogP contribution is 2.42. The predicted octanol–water partition coefficient (Wildman–Crippen LogP) is 6.23. The highest BCUT2D eigenvalue weighted by atomic mass is 16.5. The molecule has 1 fully saturated rings. The molecule has 0 aromatic heterocycles. The number of Topliss-reactive ketones (excluding diaryl/α,β-unsaturated/α-hetero) is 1. The summed E-state index contributed by atoms with van der Waals surface area (Å²) in [5.41, 5.74) is 5.38. The number of ketones is 1. The zero-order valence-electron chi connectivity index (χ0n) is 21.8. The van der Waals surface area contributed by atoms with Gasteiger partial charge in [-0.1, -0.05) is 80.9 Å². The molecular formula is C31H33NO4. The average molecular weight is 484 g/mol. The first kappa shape index (κ1) is 25.2. The van der Waals surface area contributed by atoms with Crippen molar-refractivity contribution in [1.82, 2.24) is 4.90 Å². The second-order valence-electron chi connectivity index (χ2n) is 10.4. The van der Waals surface area contributed by atoms with Gasteiger partial charge in [0.05, 0.1) is 24.3 Å². The highest BCUT2D eigenvalue weighted by molar-refractivity contribution is 6.46. The van der Waals surface area contributed by atoms with Crippen LogP contribution in [0.15, 0.2) is 72.3 Å². The maximum atomic E-state index is 13.4. The second-order valence-corrected chi connectivity index (χ2v) is 10.4. The van der Waals surface area contributed by atoms with Gasteiger partial charge in [0.15, 0.2) is 0 Å². The molecular weight excluding hydrogens is 450 g/mol. The van der Waals surface area contributed by atoms with Gasteiger partial charge in [0, 0.05) is 6.54 Å². The lowest BCUT2D eigenvalue weighted by Crippen LogP contribution is -2.29. The number of benzene rings is 3. The van der Waals surface area contributed by atoms with Crippen molar-refractivity contribution in [3.63, 3.8) is 0 Å². The van der Waals surface area contributed by atoms with Gasteiger partial charge < -0.3 is 14.7 Å². The minimum Gasteiger partial charge on any atom is -0.507 e. The van der Waals surface area contributed by atoms with Gasteiger partial charge >= 0.3 is 0 Å². The zero-order valence-corrected chi connectivity index (χ0v) is 21.8. The van der Waals surface area contributed by atoms with Gasteiger partial charge in [0.1, 0.15) is 11.5 Å². The Labute approximate surface area is 213 Å². The predicted molar refractivity (Wildman–Crippen MR) is 142 cm³/mol. The van der Waals surface area contributed by atoms with Crippen molar-refractivity contribution in [3.8, 4) is 5.75 Å². The monoisotopic (exact) mass is 483 g/mol. The smallest absolute Gasteiger partial charge is 0.295 e. The molecule has 1 unspecified atom stereocenters. The molecule has 4 rings (SSSR count). The van der Waals surface area contributed by atoms with E-state index in [1.807, 2.05) is 56.3 Å². The third kappa shape index (κ3) is 4.66. The van der Waals surface area contributed by atoms with E-state index in [2.05, 4.69) is 20.8 Å². The van der Waals surface area contributed by atoms with Crippen molar-refractivity contribution >= 4 is 17.4 Å². The zero-order chi connectivity index (χ0) is 26.2. The number of likely N-dealkylation sites (tertiary alicyclic amines) is 1. The molecule has 0 radical (unpaired) electrons. The molecule has 0 aliphatic carbocycles. The van der Waals surface area contributed by atoms with Crippen LogP contribution in [0.25, 0.3) is 5.76 Å². The summed E-state index contributed by atoms with van der Waals surface area (Å²) in [7, 11) is 1.51. The summed E-state index contributed by atoms with van der Waals surface area (Å²) in [5.74, 6) is -1.14. The van der Waals surface area contributed by atoms with E-state index in [0.29, 0.717) is 11.3 Å². The van der Waals surface area contributed by atoms with E-state index >= 15 is 0 Å². The second kappa shape index (κ2) is 9.65. The van der Waals surface area contributed by atoms with Crippen LogP contribution in [0.4, 0.5) is 0 Å². The Kier molecular flexibility index (Phi) is 6.77. The topological polar surface area (TPSA) is 66.8 Å². The molecule has 1 saturated heterocycles. The Hall–Kier alpha value is -3.86. The largest absolute Gasteiger partial charge is 0.507 e. The van der Waals surface area contributed by atoms with E-state index in [1.165, 1.54) is 7.11 Å². The molecule has 3 aromatic rings. The molecule has 1 aliphatic rings. The molecule has 3 aromatic carbocycles. The molecule has 1 aliphatic heterocycles. The number of aryl methyl sites for hydroxylation is 2. The van der Waals surface area contributed by atoms with Crippen molar-refractivity contribution in [3.05, 3.63) is 106 Å². The van der Waals surface area contributed by atoms with Gasteiger partial charge in [-0.05, 0) is 53.6 Å². The number of aliphatic hydroxyl groups excluding tert-OH is 1. The first-order chi connectivity index (χ1) is 17.0. The van der Waals surface area contributed by atoms with E-state index in [0.717, 1.165) is 27.8 Å². The van der Waals surface area contributed by atoms with Crippen molar-refractivity contribution in [1.29, 1.82) is 0 Å². The Morgan fingerprint density at radius 1 is 0.972 bits per heavy atom. The first-order valence-corrected chi connectivity index (χ1v) is 12.1. The summed E-state index contributed by atoms with van der Waals surface area (Å²) in [4.78, 5) is 28.4. The standard InChI is InChI=1S/C31H33NO4/c1-19-11-12-20(2)22(17-19)18-32-27(21-13-15-23(16-14-21)31(3,4)5)26(29(34)30(32)35)28(33)24-9-7-8-10-25(24)36-6/h7-17,27,33H,18H2,1-6H3/b28-26-. The fourth-order valence-corrected chi connectivity index (χ4v) is 4.69. The van der Waals surface area contributed by atoms with Gasteiger partial charge in [0.25, 0.3) is 11.7 Å². The van der Waals surface area contributed by atoms with E-state index in [-0.39, 0.29) is 23.3 Å². The van der Waals surface area contributed by atoms with Gasteiger partial charge in [0.2, 0.25) is 0 Å². The molecule has 0 bridgehead atoms. The van der Waals surface area contributed by atoms with Crippen LogP contribution in [0.5, 0.6) is 5.75 Å². The maximum absolute atomic E-state index is 13.4. The van der Waals surface area contributed by atoms with Gasteiger partial charge in [-0.2, -0.15) is 0 Å². The number of rotatable bonds is 5. The summed E-state index contributed by atoms with van der Waals surface area (Å²) in [6.45, 7) is 10.7. The molecule has 1 amide bonds. The van der Waals surface area contributed by atoms with Crippen LogP contribution in [0.3, 0.4) is 0 Å². The van der Waals surface area contributed by atoms with Crippen LogP contribution in [0.1, 0.15) is 60.2 Å². The van der Waals surface area contributed by atoms with Crippen LogP contribution in [-0.4, -0.2) is 28.8 Å². The Balaban J connectivity index is 1.90. The lowest BCUT2D eigenvalue weighted by Gasteiger charge is -2.27. The number of para-hydroxylation sites is 1. The summed E-state index contributed by atoms with van der Waals surface area (Å²) < 4.78 is 5.43. The summed E-state index contributed by atoms with van der Waals surface area (Å²) in [6, 6.07) is 20.2. The highest BCUT2D eigenvalue weighted by Gasteiger charge is 2.46.